The first-order valence-corrected chi connectivity index (χ1v) is 5.56. The third-order valence-electron chi connectivity index (χ3n) is 2.29. The molecule has 0 saturated carbocycles. The van der Waals surface area contributed by atoms with Gasteiger partial charge >= 0.3 is 0 Å². The van der Waals surface area contributed by atoms with Crippen molar-refractivity contribution in [2.24, 2.45) is 0 Å². The average molecular weight is 257 g/mol. The Hall–Kier alpha value is -0.450. The maximum atomic E-state index is 5.73. The molecule has 1 saturated heterocycles. The van der Waals surface area contributed by atoms with Crippen molar-refractivity contribution >= 4 is 15.9 Å². The van der Waals surface area contributed by atoms with E-state index in [0.717, 1.165) is 24.1 Å². The third-order valence-corrected chi connectivity index (χ3v) is 2.73. The van der Waals surface area contributed by atoms with Crippen molar-refractivity contribution in [1.82, 2.24) is 10.3 Å². The van der Waals surface area contributed by atoms with E-state index in [-0.39, 0.29) is 0 Å². The van der Waals surface area contributed by atoms with Gasteiger partial charge in [0, 0.05) is 12.7 Å². The number of ether oxygens (including phenoxy) is 1. The highest BCUT2D eigenvalue weighted by atomic mass is 79.9. The standard InChI is InChI=1S/C10H13BrN2O/c11-10-5-8(1-4-13-10)7-14-9-2-3-12-6-9/h1,4-5,9,12H,2-3,6-7H2/t9-/m1/s1. The molecule has 2 rings (SSSR count). The smallest absolute Gasteiger partial charge is 0.106 e. The summed E-state index contributed by atoms with van der Waals surface area (Å²) in [6.07, 6.45) is 3.28. The average Bonchev–Trinajstić information content (AvgIpc) is 2.67. The Balaban J connectivity index is 1.85. The second kappa shape index (κ2) is 4.87. The van der Waals surface area contributed by atoms with Crippen LogP contribution in [-0.2, 0) is 11.3 Å². The lowest BCUT2D eigenvalue weighted by Gasteiger charge is -2.10. The van der Waals surface area contributed by atoms with Crippen LogP contribution in [0.4, 0.5) is 0 Å². The van der Waals surface area contributed by atoms with Gasteiger partial charge in [0.25, 0.3) is 0 Å². The highest BCUT2D eigenvalue weighted by Gasteiger charge is 2.14. The molecule has 0 radical (unpaired) electrons. The van der Waals surface area contributed by atoms with E-state index in [0.29, 0.717) is 12.7 Å². The monoisotopic (exact) mass is 256 g/mol. The van der Waals surface area contributed by atoms with Crippen molar-refractivity contribution in [1.29, 1.82) is 0 Å². The highest BCUT2D eigenvalue weighted by molar-refractivity contribution is 9.10. The number of nitrogens with one attached hydrogen (secondary N) is 1. The molecule has 1 atom stereocenters. The minimum absolute atomic E-state index is 0.377. The summed E-state index contributed by atoms with van der Waals surface area (Å²) in [6.45, 7) is 2.73. The Morgan fingerprint density at radius 1 is 1.64 bits per heavy atom. The van der Waals surface area contributed by atoms with Crippen LogP contribution in [0.5, 0.6) is 0 Å². The first-order chi connectivity index (χ1) is 6.84. The van der Waals surface area contributed by atoms with Crippen LogP contribution >= 0.6 is 15.9 Å². The normalized spacial score (nSPS) is 21.4. The topological polar surface area (TPSA) is 34.1 Å². The SMILES string of the molecule is Brc1cc(CO[C@@H]2CCNC2)ccn1. The predicted octanol–water partition coefficient (Wildman–Crippen LogP) is 1.72. The maximum Gasteiger partial charge on any atom is 0.106 e. The van der Waals surface area contributed by atoms with Crippen LogP contribution in [0.3, 0.4) is 0 Å². The van der Waals surface area contributed by atoms with Gasteiger partial charge in [-0.1, -0.05) is 0 Å². The van der Waals surface area contributed by atoms with E-state index < -0.39 is 0 Å². The van der Waals surface area contributed by atoms with Crippen LogP contribution < -0.4 is 5.32 Å². The molecule has 0 spiro atoms. The lowest BCUT2D eigenvalue weighted by Crippen LogP contribution is -2.16. The van der Waals surface area contributed by atoms with E-state index in [1.165, 1.54) is 5.56 Å². The Morgan fingerprint density at radius 2 is 2.57 bits per heavy atom. The molecule has 76 valence electrons. The van der Waals surface area contributed by atoms with Crippen molar-refractivity contribution < 1.29 is 4.74 Å². The molecule has 4 heteroatoms. The van der Waals surface area contributed by atoms with E-state index in [1.807, 2.05) is 12.1 Å². The fourth-order valence-electron chi connectivity index (χ4n) is 1.52. The van der Waals surface area contributed by atoms with E-state index >= 15 is 0 Å². The highest BCUT2D eigenvalue weighted by Crippen LogP contribution is 2.11. The quantitative estimate of drug-likeness (QED) is 0.837. The maximum absolute atomic E-state index is 5.73. The van der Waals surface area contributed by atoms with Crippen LogP contribution in [0, 0.1) is 0 Å². The van der Waals surface area contributed by atoms with E-state index in [4.69, 9.17) is 4.74 Å². The van der Waals surface area contributed by atoms with Crippen LogP contribution in [0.15, 0.2) is 22.9 Å². The first-order valence-electron chi connectivity index (χ1n) is 4.77. The zero-order chi connectivity index (χ0) is 9.80. The van der Waals surface area contributed by atoms with Crippen LogP contribution in [0.2, 0.25) is 0 Å². The number of hydrogen-bond donors (Lipinski definition) is 1. The molecule has 0 aromatic carbocycles. The number of hydrogen-bond acceptors (Lipinski definition) is 3. The van der Waals surface area contributed by atoms with Gasteiger partial charge in [-0.25, -0.2) is 4.98 Å². The van der Waals surface area contributed by atoms with E-state index in [2.05, 4.69) is 26.2 Å². The first kappa shape index (κ1) is 10.1. The van der Waals surface area contributed by atoms with Crippen LogP contribution in [-0.4, -0.2) is 24.2 Å². The fraction of sp³-hybridized carbons (Fsp3) is 0.500. The van der Waals surface area contributed by atoms with E-state index in [1.54, 1.807) is 6.20 Å². The van der Waals surface area contributed by atoms with Crippen molar-refractivity contribution in [3.05, 3.63) is 28.5 Å². The van der Waals surface area contributed by atoms with Gasteiger partial charge in [0.15, 0.2) is 0 Å². The van der Waals surface area contributed by atoms with Gasteiger partial charge in [0.1, 0.15) is 4.60 Å². The Morgan fingerprint density at radius 3 is 3.29 bits per heavy atom. The van der Waals surface area contributed by atoms with Gasteiger partial charge < -0.3 is 10.1 Å². The van der Waals surface area contributed by atoms with Crippen molar-refractivity contribution in [2.45, 2.75) is 19.1 Å². The van der Waals surface area contributed by atoms with Gasteiger partial charge in [0.2, 0.25) is 0 Å². The summed E-state index contributed by atoms with van der Waals surface area (Å²) in [4.78, 5) is 4.07. The van der Waals surface area contributed by atoms with Crippen LogP contribution in [0.1, 0.15) is 12.0 Å². The summed E-state index contributed by atoms with van der Waals surface area (Å²) in [5, 5.41) is 3.27. The van der Waals surface area contributed by atoms with Gasteiger partial charge in [-0.2, -0.15) is 0 Å². The molecule has 1 N–H and O–H groups in total. The van der Waals surface area contributed by atoms with Crippen LogP contribution in [0.25, 0.3) is 0 Å². The summed E-state index contributed by atoms with van der Waals surface area (Å²) in [7, 11) is 0. The molecule has 0 amide bonds. The van der Waals surface area contributed by atoms with Gasteiger partial charge in [-0.05, 0) is 46.6 Å². The molecular weight excluding hydrogens is 244 g/mol. The van der Waals surface area contributed by atoms with E-state index in [9.17, 15) is 0 Å². The minimum atomic E-state index is 0.377. The number of halogens is 1. The molecular formula is C10H13BrN2O. The number of aromatic nitrogens is 1. The Labute approximate surface area is 92.0 Å². The molecule has 2 heterocycles. The molecule has 1 aliphatic heterocycles. The zero-order valence-electron chi connectivity index (χ0n) is 7.87. The number of pyridine rings is 1. The summed E-state index contributed by atoms with van der Waals surface area (Å²) < 4.78 is 6.60. The summed E-state index contributed by atoms with van der Waals surface area (Å²) in [6, 6.07) is 3.97. The van der Waals surface area contributed by atoms with Gasteiger partial charge in [-0.3, -0.25) is 0 Å². The molecule has 1 aromatic rings. The molecule has 1 fully saturated rings. The van der Waals surface area contributed by atoms with Crippen molar-refractivity contribution in [2.75, 3.05) is 13.1 Å². The molecule has 3 nitrogen and oxygen atoms in total. The second-order valence-corrected chi connectivity index (χ2v) is 4.23. The summed E-state index contributed by atoms with van der Waals surface area (Å²) in [5.41, 5.74) is 1.17. The second-order valence-electron chi connectivity index (χ2n) is 3.41. The van der Waals surface area contributed by atoms with Crippen molar-refractivity contribution in [3.63, 3.8) is 0 Å². The lowest BCUT2D eigenvalue weighted by atomic mass is 10.3. The molecule has 0 bridgehead atoms. The largest absolute Gasteiger partial charge is 0.372 e. The molecule has 0 unspecified atom stereocenters. The zero-order valence-corrected chi connectivity index (χ0v) is 9.46. The molecule has 0 aliphatic carbocycles. The third kappa shape index (κ3) is 2.77. The van der Waals surface area contributed by atoms with Crippen molar-refractivity contribution in [3.8, 4) is 0 Å². The minimum Gasteiger partial charge on any atom is -0.372 e. The lowest BCUT2D eigenvalue weighted by molar-refractivity contribution is 0.0541. The Bertz CT molecular complexity index is 300. The molecule has 14 heavy (non-hydrogen) atoms. The number of rotatable bonds is 3. The van der Waals surface area contributed by atoms with Gasteiger partial charge in [0.05, 0.1) is 12.7 Å². The summed E-state index contributed by atoms with van der Waals surface area (Å²) in [5.74, 6) is 0. The molecule has 1 aromatic heterocycles. The Kier molecular flexibility index (Phi) is 3.50. The molecule has 1 aliphatic rings. The fourth-order valence-corrected chi connectivity index (χ4v) is 1.93. The summed E-state index contributed by atoms with van der Waals surface area (Å²) >= 11 is 3.34. The predicted molar refractivity (Wildman–Crippen MR) is 58.0 cm³/mol. The van der Waals surface area contributed by atoms with Gasteiger partial charge in [-0.15, -0.1) is 0 Å². The number of nitrogens with zero attached hydrogens (tertiary/aromatic N) is 1.